The maximum absolute atomic E-state index is 10.8. The zero-order valence-electron chi connectivity index (χ0n) is 8.45. The SMILES string of the molecule is COC(C=C(CCC[Si])C(=O)O)OC. The highest BCUT2D eigenvalue weighted by atomic mass is 28.1. The van der Waals surface area contributed by atoms with E-state index >= 15 is 0 Å². The number of aliphatic carboxylic acids is 1. The zero-order chi connectivity index (χ0) is 11.0. The Bertz CT molecular complexity index is 199. The third kappa shape index (κ3) is 5.16. The normalized spacial score (nSPS) is 12.1. The maximum atomic E-state index is 10.8. The van der Waals surface area contributed by atoms with Crippen molar-refractivity contribution in [3.63, 3.8) is 0 Å². The monoisotopic (exact) mass is 215 g/mol. The second-order valence-electron chi connectivity index (χ2n) is 2.69. The second-order valence-corrected chi connectivity index (χ2v) is 3.19. The van der Waals surface area contributed by atoms with Crippen molar-refractivity contribution in [2.75, 3.05) is 14.2 Å². The molecule has 0 aliphatic carbocycles. The van der Waals surface area contributed by atoms with Gasteiger partial charge in [-0.05, 0) is 12.5 Å². The Labute approximate surface area is 87.3 Å². The van der Waals surface area contributed by atoms with Crippen molar-refractivity contribution in [3.8, 4) is 0 Å². The van der Waals surface area contributed by atoms with Gasteiger partial charge in [0.05, 0.1) is 0 Å². The standard InChI is InChI=1S/C9H15O4Si/c1-12-8(13-2)6-7(9(10)11)4-3-5-14/h6,8H,3-5H2,1-2H3,(H,10,11). The molecule has 0 saturated heterocycles. The van der Waals surface area contributed by atoms with Gasteiger partial charge in [-0.15, -0.1) is 0 Å². The Morgan fingerprint density at radius 2 is 2.07 bits per heavy atom. The summed E-state index contributed by atoms with van der Waals surface area (Å²) in [6, 6.07) is 0.773. The van der Waals surface area contributed by atoms with E-state index in [1.807, 2.05) is 0 Å². The summed E-state index contributed by atoms with van der Waals surface area (Å²) in [4.78, 5) is 10.8. The van der Waals surface area contributed by atoms with Crippen LogP contribution in [0.15, 0.2) is 11.6 Å². The number of hydrogen-bond donors (Lipinski definition) is 1. The van der Waals surface area contributed by atoms with E-state index in [0.29, 0.717) is 12.0 Å². The van der Waals surface area contributed by atoms with Crippen LogP contribution < -0.4 is 0 Å². The first kappa shape index (κ1) is 13.3. The molecule has 3 radical (unpaired) electrons. The summed E-state index contributed by atoms with van der Waals surface area (Å²) in [5, 5.41) is 8.84. The summed E-state index contributed by atoms with van der Waals surface area (Å²) >= 11 is 0. The smallest absolute Gasteiger partial charge is 0.331 e. The second kappa shape index (κ2) is 7.72. The van der Waals surface area contributed by atoms with E-state index < -0.39 is 12.3 Å². The number of hydrogen-bond acceptors (Lipinski definition) is 3. The summed E-state index contributed by atoms with van der Waals surface area (Å²) in [5.74, 6) is -0.927. The van der Waals surface area contributed by atoms with Crippen molar-refractivity contribution in [1.82, 2.24) is 0 Å². The van der Waals surface area contributed by atoms with E-state index in [0.717, 1.165) is 12.5 Å². The van der Waals surface area contributed by atoms with Gasteiger partial charge in [0.25, 0.3) is 0 Å². The van der Waals surface area contributed by atoms with E-state index in [1.54, 1.807) is 0 Å². The average molecular weight is 215 g/mol. The molecular weight excluding hydrogens is 200 g/mol. The number of methoxy groups -OCH3 is 2. The number of carboxylic acids is 1. The van der Waals surface area contributed by atoms with Gasteiger partial charge in [0, 0.05) is 30.0 Å². The molecule has 0 aliphatic rings. The Kier molecular flexibility index (Phi) is 7.36. The Morgan fingerprint density at radius 3 is 2.43 bits per heavy atom. The van der Waals surface area contributed by atoms with Gasteiger partial charge in [-0.25, -0.2) is 4.79 Å². The third-order valence-corrected chi connectivity index (χ3v) is 2.05. The van der Waals surface area contributed by atoms with Crippen molar-refractivity contribution in [2.45, 2.75) is 25.2 Å². The number of carbonyl (C=O) groups is 1. The quantitative estimate of drug-likeness (QED) is 0.391. The fourth-order valence-corrected chi connectivity index (χ4v) is 1.11. The molecule has 0 aromatic heterocycles. The minimum Gasteiger partial charge on any atom is -0.478 e. The van der Waals surface area contributed by atoms with Crippen LogP contribution in [0.2, 0.25) is 6.04 Å². The Morgan fingerprint density at radius 1 is 1.50 bits per heavy atom. The fraction of sp³-hybridized carbons (Fsp3) is 0.667. The fourth-order valence-electron chi connectivity index (χ4n) is 0.937. The number of rotatable bonds is 7. The lowest BCUT2D eigenvalue weighted by Crippen LogP contribution is -2.13. The molecule has 0 rings (SSSR count). The van der Waals surface area contributed by atoms with E-state index in [4.69, 9.17) is 14.6 Å². The molecule has 79 valence electrons. The summed E-state index contributed by atoms with van der Waals surface area (Å²) in [6.07, 6.45) is 2.16. The molecule has 0 bridgehead atoms. The first-order valence-electron chi connectivity index (χ1n) is 4.29. The van der Waals surface area contributed by atoms with Crippen molar-refractivity contribution in [1.29, 1.82) is 0 Å². The summed E-state index contributed by atoms with van der Waals surface area (Å²) in [7, 11) is 6.22. The minimum atomic E-state index is -0.927. The van der Waals surface area contributed by atoms with Gasteiger partial charge < -0.3 is 14.6 Å². The summed E-state index contributed by atoms with van der Waals surface area (Å²) < 4.78 is 9.77. The molecule has 0 aliphatic heterocycles. The Balaban J connectivity index is 4.37. The predicted octanol–water partition coefficient (Wildman–Crippen LogP) is 0.983. The molecule has 1 N–H and O–H groups in total. The predicted molar refractivity (Wildman–Crippen MR) is 53.3 cm³/mol. The highest BCUT2D eigenvalue weighted by Gasteiger charge is 2.10. The van der Waals surface area contributed by atoms with Crippen molar-refractivity contribution < 1.29 is 19.4 Å². The van der Waals surface area contributed by atoms with Gasteiger partial charge in [-0.1, -0.05) is 12.5 Å². The van der Waals surface area contributed by atoms with Crippen LogP contribution in [0.1, 0.15) is 12.8 Å². The van der Waals surface area contributed by atoms with Gasteiger partial charge in [0.15, 0.2) is 6.29 Å². The lowest BCUT2D eigenvalue weighted by Gasteiger charge is -2.10. The third-order valence-electron chi connectivity index (χ3n) is 1.70. The molecule has 0 heterocycles. The molecule has 5 heteroatoms. The van der Waals surface area contributed by atoms with E-state index in [2.05, 4.69) is 10.2 Å². The topological polar surface area (TPSA) is 55.8 Å². The highest BCUT2D eigenvalue weighted by Crippen LogP contribution is 2.09. The van der Waals surface area contributed by atoms with Crippen LogP contribution in [0.3, 0.4) is 0 Å². The molecule has 0 fully saturated rings. The largest absolute Gasteiger partial charge is 0.478 e. The molecule has 0 aromatic rings. The molecule has 0 aromatic carbocycles. The molecule has 4 nitrogen and oxygen atoms in total. The van der Waals surface area contributed by atoms with Gasteiger partial charge >= 0.3 is 5.97 Å². The highest BCUT2D eigenvalue weighted by molar-refractivity contribution is 6.08. The average Bonchev–Trinajstić information content (AvgIpc) is 2.18. The van der Waals surface area contributed by atoms with Crippen LogP contribution in [0.25, 0.3) is 0 Å². The van der Waals surface area contributed by atoms with Crippen molar-refractivity contribution in [3.05, 3.63) is 11.6 Å². The number of ether oxygens (including phenoxy) is 2. The van der Waals surface area contributed by atoms with E-state index in [-0.39, 0.29) is 0 Å². The van der Waals surface area contributed by atoms with Crippen LogP contribution >= 0.6 is 0 Å². The molecule has 0 spiro atoms. The van der Waals surface area contributed by atoms with Crippen molar-refractivity contribution >= 4 is 16.2 Å². The van der Waals surface area contributed by atoms with Crippen LogP contribution in [0.5, 0.6) is 0 Å². The lowest BCUT2D eigenvalue weighted by molar-refractivity contribution is -0.133. The van der Waals surface area contributed by atoms with Gasteiger partial charge in [-0.2, -0.15) is 0 Å². The van der Waals surface area contributed by atoms with Crippen LogP contribution in [-0.4, -0.2) is 41.8 Å². The first-order chi connectivity index (χ1) is 6.65. The molecule has 0 unspecified atom stereocenters. The van der Waals surface area contributed by atoms with Crippen molar-refractivity contribution in [2.24, 2.45) is 0 Å². The first-order valence-corrected chi connectivity index (χ1v) is 5.00. The molecule has 0 amide bonds. The molecule has 0 saturated carbocycles. The molecule has 14 heavy (non-hydrogen) atoms. The van der Waals surface area contributed by atoms with E-state index in [9.17, 15) is 4.79 Å². The van der Waals surface area contributed by atoms with Crippen LogP contribution in [-0.2, 0) is 14.3 Å². The van der Waals surface area contributed by atoms with Gasteiger partial charge in [-0.3, -0.25) is 0 Å². The van der Waals surface area contributed by atoms with Gasteiger partial charge in [0.1, 0.15) is 0 Å². The maximum Gasteiger partial charge on any atom is 0.331 e. The molecule has 0 atom stereocenters. The van der Waals surface area contributed by atoms with Crippen LogP contribution in [0.4, 0.5) is 0 Å². The van der Waals surface area contributed by atoms with Gasteiger partial charge in [0.2, 0.25) is 0 Å². The Hall–Kier alpha value is -0.653. The number of carboxylic acid groups (broad SMARTS) is 1. The lowest BCUT2D eigenvalue weighted by atomic mass is 10.1. The minimum absolute atomic E-state index is 0.317. The summed E-state index contributed by atoms with van der Waals surface area (Å²) in [5.41, 5.74) is 0.317. The molecular formula is C9H15O4Si. The summed E-state index contributed by atoms with van der Waals surface area (Å²) in [6.45, 7) is 0. The van der Waals surface area contributed by atoms with Crippen LogP contribution in [0, 0.1) is 0 Å². The van der Waals surface area contributed by atoms with E-state index in [1.165, 1.54) is 20.3 Å². The zero-order valence-corrected chi connectivity index (χ0v) is 9.45.